The maximum absolute atomic E-state index is 9.04. The summed E-state index contributed by atoms with van der Waals surface area (Å²) in [6.07, 6.45) is 2.06. The molecule has 0 unspecified atom stereocenters. The van der Waals surface area contributed by atoms with Crippen molar-refractivity contribution in [3.63, 3.8) is 0 Å². The zero-order valence-electron chi connectivity index (χ0n) is 9.09. The average molecular weight is 215 g/mol. The summed E-state index contributed by atoms with van der Waals surface area (Å²) in [7, 11) is 0. The fourth-order valence-electron chi connectivity index (χ4n) is 2.14. The van der Waals surface area contributed by atoms with Crippen molar-refractivity contribution in [1.82, 2.24) is 14.0 Å². The Labute approximate surface area is 92.8 Å². The van der Waals surface area contributed by atoms with E-state index in [-0.39, 0.29) is 6.61 Å². The molecule has 0 saturated heterocycles. The van der Waals surface area contributed by atoms with Crippen LogP contribution in [0.2, 0.25) is 0 Å². The Kier molecular flexibility index (Phi) is 1.97. The Balaban J connectivity index is 2.39. The van der Waals surface area contributed by atoms with Crippen molar-refractivity contribution in [3.05, 3.63) is 36.2 Å². The molecule has 0 aliphatic heterocycles. The number of para-hydroxylation sites is 2. The fourth-order valence-corrected chi connectivity index (χ4v) is 2.14. The van der Waals surface area contributed by atoms with Gasteiger partial charge < -0.3 is 9.67 Å². The predicted octanol–water partition coefficient (Wildman–Crippen LogP) is 1.59. The largest absolute Gasteiger partial charge is 0.395 e. The third kappa shape index (κ3) is 1.17. The van der Waals surface area contributed by atoms with Gasteiger partial charge in [0.2, 0.25) is 5.78 Å². The number of hydrogen-bond donors (Lipinski definition) is 1. The van der Waals surface area contributed by atoms with Gasteiger partial charge in [-0.25, -0.2) is 4.98 Å². The van der Waals surface area contributed by atoms with Crippen molar-refractivity contribution in [2.45, 2.75) is 13.5 Å². The van der Waals surface area contributed by atoms with Crippen LogP contribution in [0.1, 0.15) is 5.69 Å². The molecule has 0 amide bonds. The van der Waals surface area contributed by atoms with E-state index in [4.69, 9.17) is 5.11 Å². The van der Waals surface area contributed by atoms with Gasteiger partial charge >= 0.3 is 0 Å². The molecule has 3 aromatic rings. The number of aliphatic hydroxyl groups is 1. The number of aryl methyl sites for hydroxylation is 1. The van der Waals surface area contributed by atoms with Gasteiger partial charge in [0, 0.05) is 18.4 Å². The van der Waals surface area contributed by atoms with Crippen molar-refractivity contribution in [2.24, 2.45) is 0 Å². The number of fused-ring (bicyclic) bond motifs is 3. The fraction of sp³-hybridized carbons (Fsp3) is 0.250. The Morgan fingerprint density at radius 1 is 1.31 bits per heavy atom. The quantitative estimate of drug-likeness (QED) is 0.705. The van der Waals surface area contributed by atoms with Crippen molar-refractivity contribution in [3.8, 4) is 0 Å². The minimum Gasteiger partial charge on any atom is -0.395 e. The highest BCUT2D eigenvalue weighted by Gasteiger charge is 2.10. The molecule has 1 N–H and O–H groups in total. The van der Waals surface area contributed by atoms with E-state index in [0.29, 0.717) is 6.54 Å². The van der Waals surface area contributed by atoms with Gasteiger partial charge in [0.05, 0.1) is 17.6 Å². The van der Waals surface area contributed by atoms with Crippen molar-refractivity contribution in [1.29, 1.82) is 0 Å². The van der Waals surface area contributed by atoms with Gasteiger partial charge in [-0.15, -0.1) is 0 Å². The van der Waals surface area contributed by atoms with Gasteiger partial charge in [0.15, 0.2) is 0 Å². The Morgan fingerprint density at radius 2 is 2.12 bits per heavy atom. The molecular formula is C12H13N3O. The van der Waals surface area contributed by atoms with Gasteiger partial charge in [-0.05, 0) is 19.1 Å². The topological polar surface area (TPSA) is 42.5 Å². The van der Waals surface area contributed by atoms with Crippen LogP contribution in [0.5, 0.6) is 0 Å². The van der Waals surface area contributed by atoms with Crippen LogP contribution in [0.3, 0.4) is 0 Å². The van der Waals surface area contributed by atoms with E-state index in [1.165, 1.54) is 0 Å². The molecule has 0 radical (unpaired) electrons. The number of hydrogen-bond acceptors (Lipinski definition) is 2. The molecule has 4 heteroatoms. The van der Waals surface area contributed by atoms with Gasteiger partial charge in [-0.2, -0.15) is 0 Å². The van der Waals surface area contributed by atoms with E-state index in [9.17, 15) is 0 Å². The molecule has 16 heavy (non-hydrogen) atoms. The molecule has 0 saturated carbocycles. The SMILES string of the molecule is Cc1cn2c3ccccc3nc2n1CCO. The third-order valence-corrected chi connectivity index (χ3v) is 2.88. The molecule has 0 fully saturated rings. The lowest BCUT2D eigenvalue weighted by Crippen LogP contribution is -2.04. The van der Waals surface area contributed by atoms with Gasteiger partial charge in [0.25, 0.3) is 0 Å². The zero-order chi connectivity index (χ0) is 11.1. The summed E-state index contributed by atoms with van der Waals surface area (Å²) < 4.78 is 4.10. The molecule has 3 rings (SSSR count). The lowest BCUT2D eigenvalue weighted by Gasteiger charge is -2.01. The average Bonchev–Trinajstić information content (AvgIpc) is 2.78. The zero-order valence-corrected chi connectivity index (χ0v) is 9.09. The molecule has 0 atom stereocenters. The maximum Gasteiger partial charge on any atom is 0.215 e. The Morgan fingerprint density at radius 3 is 2.94 bits per heavy atom. The third-order valence-electron chi connectivity index (χ3n) is 2.88. The highest BCUT2D eigenvalue weighted by atomic mass is 16.3. The summed E-state index contributed by atoms with van der Waals surface area (Å²) in [5.41, 5.74) is 3.21. The van der Waals surface area contributed by atoms with Crippen molar-refractivity contribution < 1.29 is 5.11 Å². The minimum absolute atomic E-state index is 0.133. The van der Waals surface area contributed by atoms with Crippen LogP contribution >= 0.6 is 0 Å². The summed E-state index contributed by atoms with van der Waals surface area (Å²) in [6.45, 7) is 2.75. The standard InChI is InChI=1S/C12H13N3O/c1-9-8-15-11-5-3-2-4-10(11)13-12(15)14(9)6-7-16/h2-5,8,16H,6-7H2,1H3. The van der Waals surface area contributed by atoms with E-state index < -0.39 is 0 Å². The lowest BCUT2D eigenvalue weighted by molar-refractivity contribution is 0.276. The molecule has 2 heterocycles. The molecule has 1 aromatic carbocycles. The first kappa shape index (κ1) is 9.42. The van der Waals surface area contributed by atoms with E-state index in [1.54, 1.807) is 0 Å². The second-order valence-electron chi connectivity index (χ2n) is 3.92. The van der Waals surface area contributed by atoms with Gasteiger partial charge in [-0.1, -0.05) is 12.1 Å². The monoisotopic (exact) mass is 215 g/mol. The number of aromatic nitrogens is 3. The van der Waals surface area contributed by atoms with Crippen LogP contribution in [-0.4, -0.2) is 25.7 Å². The van der Waals surface area contributed by atoms with Crippen LogP contribution in [0.15, 0.2) is 30.5 Å². The second-order valence-corrected chi connectivity index (χ2v) is 3.92. The van der Waals surface area contributed by atoms with E-state index in [1.807, 2.05) is 29.7 Å². The number of rotatable bonds is 2. The molecular weight excluding hydrogens is 202 g/mol. The Hall–Kier alpha value is -1.81. The first-order chi connectivity index (χ1) is 7.81. The molecule has 4 nitrogen and oxygen atoms in total. The first-order valence-electron chi connectivity index (χ1n) is 5.35. The highest BCUT2D eigenvalue weighted by molar-refractivity contribution is 5.79. The highest BCUT2D eigenvalue weighted by Crippen LogP contribution is 2.18. The molecule has 2 aromatic heterocycles. The summed E-state index contributed by atoms with van der Waals surface area (Å²) in [6, 6.07) is 8.05. The van der Waals surface area contributed by atoms with Gasteiger partial charge in [-0.3, -0.25) is 4.40 Å². The molecule has 0 aliphatic rings. The predicted molar refractivity (Wildman–Crippen MR) is 62.5 cm³/mol. The molecule has 0 bridgehead atoms. The summed E-state index contributed by atoms with van der Waals surface area (Å²) in [5, 5.41) is 9.04. The van der Waals surface area contributed by atoms with E-state index >= 15 is 0 Å². The smallest absolute Gasteiger partial charge is 0.215 e. The van der Waals surface area contributed by atoms with Crippen LogP contribution < -0.4 is 0 Å². The number of benzene rings is 1. The first-order valence-corrected chi connectivity index (χ1v) is 5.35. The van der Waals surface area contributed by atoms with Crippen LogP contribution in [-0.2, 0) is 6.54 Å². The summed E-state index contributed by atoms with van der Waals surface area (Å²) in [5.74, 6) is 0.896. The summed E-state index contributed by atoms with van der Waals surface area (Å²) >= 11 is 0. The van der Waals surface area contributed by atoms with E-state index in [0.717, 1.165) is 22.5 Å². The normalized spacial score (nSPS) is 11.6. The van der Waals surface area contributed by atoms with Crippen LogP contribution in [0, 0.1) is 6.92 Å². The van der Waals surface area contributed by atoms with Crippen LogP contribution in [0.4, 0.5) is 0 Å². The maximum atomic E-state index is 9.04. The molecule has 0 spiro atoms. The lowest BCUT2D eigenvalue weighted by atomic mass is 10.3. The molecule has 82 valence electrons. The second kappa shape index (κ2) is 3.35. The number of aliphatic hydroxyl groups excluding tert-OH is 1. The van der Waals surface area contributed by atoms with Crippen molar-refractivity contribution in [2.75, 3.05) is 6.61 Å². The number of nitrogens with zero attached hydrogens (tertiary/aromatic N) is 3. The van der Waals surface area contributed by atoms with Crippen molar-refractivity contribution >= 4 is 16.8 Å². The number of imidazole rings is 2. The van der Waals surface area contributed by atoms with Crippen LogP contribution in [0.25, 0.3) is 16.8 Å². The van der Waals surface area contributed by atoms with E-state index in [2.05, 4.69) is 21.6 Å². The molecule has 0 aliphatic carbocycles. The van der Waals surface area contributed by atoms with Gasteiger partial charge in [0.1, 0.15) is 0 Å². The summed E-state index contributed by atoms with van der Waals surface area (Å²) in [4.78, 5) is 4.57. The minimum atomic E-state index is 0.133. The Bertz CT molecular complexity index is 651.